The van der Waals surface area contributed by atoms with Gasteiger partial charge in [0, 0.05) is 43.5 Å². The molecule has 2 rings (SSSR count). The summed E-state index contributed by atoms with van der Waals surface area (Å²) < 4.78 is 1.14. The van der Waals surface area contributed by atoms with Gasteiger partial charge >= 0.3 is 0 Å². The second kappa shape index (κ2) is 11.5. The number of aliphatic hydroxyl groups excluding tert-OH is 1. The van der Waals surface area contributed by atoms with Gasteiger partial charge in [-0.2, -0.15) is 0 Å². The normalized spacial score (nSPS) is 16.5. The average molecular weight is 456 g/mol. The van der Waals surface area contributed by atoms with E-state index in [4.69, 9.17) is 4.99 Å². The van der Waals surface area contributed by atoms with Crippen LogP contribution in [0.3, 0.4) is 0 Å². The van der Waals surface area contributed by atoms with Gasteiger partial charge in [-0.05, 0) is 26.2 Å². The predicted octanol–water partition coefficient (Wildman–Crippen LogP) is 2.67. The largest absolute Gasteiger partial charge is 0.393 e. The number of thioether (sulfide) groups is 1. The maximum Gasteiger partial charge on any atom is 0.193 e. The molecule has 1 fully saturated rings. The van der Waals surface area contributed by atoms with Crippen LogP contribution in [0.25, 0.3) is 0 Å². The number of aromatic nitrogens is 1. The number of aliphatic imine (C=N–C) groups is 1. The summed E-state index contributed by atoms with van der Waals surface area (Å²) in [6.07, 6.45) is 4.43. The quantitative estimate of drug-likeness (QED) is 0.227. The topological polar surface area (TPSA) is 60.8 Å². The minimum absolute atomic E-state index is 0. The molecule has 0 radical (unpaired) electrons. The maximum atomic E-state index is 9.58. The summed E-state index contributed by atoms with van der Waals surface area (Å²) in [7, 11) is 0. The van der Waals surface area contributed by atoms with Crippen molar-refractivity contribution in [2.24, 2.45) is 4.99 Å². The zero-order chi connectivity index (χ0) is 14.9. The van der Waals surface area contributed by atoms with E-state index in [1.807, 2.05) is 11.6 Å². The first kappa shape index (κ1) is 20.0. The van der Waals surface area contributed by atoms with Gasteiger partial charge in [0.25, 0.3) is 0 Å². The van der Waals surface area contributed by atoms with Crippen LogP contribution in [0.4, 0.5) is 0 Å². The van der Waals surface area contributed by atoms with Gasteiger partial charge in [-0.1, -0.05) is 11.8 Å². The summed E-state index contributed by atoms with van der Waals surface area (Å²) in [6, 6.07) is 0. The molecule has 0 spiro atoms. The van der Waals surface area contributed by atoms with Crippen molar-refractivity contribution in [2.45, 2.75) is 36.6 Å². The first-order valence-electron chi connectivity index (χ1n) is 7.53. The second-order valence-electron chi connectivity index (χ2n) is 4.95. The van der Waals surface area contributed by atoms with Gasteiger partial charge in [0.05, 0.1) is 6.10 Å². The van der Waals surface area contributed by atoms with Crippen LogP contribution in [0.15, 0.2) is 20.9 Å². The molecule has 0 amide bonds. The molecule has 1 aliphatic rings. The third-order valence-electron chi connectivity index (χ3n) is 3.30. The van der Waals surface area contributed by atoms with Gasteiger partial charge in [0.1, 0.15) is 4.34 Å². The number of piperidine rings is 1. The number of nitrogens with zero attached hydrogens (tertiary/aromatic N) is 3. The molecular formula is C14H25IN4OS2. The van der Waals surface area contributed by atoms with Crippen LogP contribution < -0.4 is 5.32 Å². The zero-order valence-electron chi connectivity index (χ0n) is 12.9. The highest BCUT2D eigenvalue weighted by Crippen LogP contribution is 2.20. The molecule has 2 heterocycles. The van der Waals surface area contributed by atoms with E-state index in [1.54, 1.807) is 23.1 Å². The van der Waals surface area contributed by atoms with Crippen LogP contribution in [0.1, 0.15) is 26.2 Å². The summed E-state index contributed by atoms with van der Waals surface area (Å²) in [5.41, 5.74) is 0. The summed E-state index contributed by atoms with van der Waals surface area (Å²) in [4.78, 5) is 11.2. The first-order valence-corrected chi connectivity index (χ1v) is 9.39. The Bertz CT molecular complexity index is 422. The van der Waals surface area contributed by atoms with Crippen LogP contribution in [0.5, 0.6) is 0 Å². The Hall–Kier alpha value is -0.0600. The number of rotatable bonds is 6. The lowest BCUT2D eigenvalue weighted by molar-refractivity contribution is 0.108. The van der Waals surface area contributed by atoms with Crippen LogP contribution in [-0.2, 0) is 0 Å². The van der Waals surface area contributed by atoms with Gasteiger partial charge in [-0.3, -0.25) is 4.99 Å². The van der Waals surface area contributed by atoms with Crippen LogP contribution in [0.2, 0.25) is 0 Å². The molecule has 8 heteroatoms. The standard InChI is InChI=1S/C14H24N4OS2.HI/c1-2-15-13(18-8-4-12(19)5-9-18)16-6-3-10-20-14-17-7-11-21-14;/h7,11-12,19H,2-6,8-10H2,1H3,(H,15,16);1H. The molecule has 5 nitrogen and oxygen atoms in total. The highest BCUT2D eigenvalue weighted by Gasteiger charge is 2.19. The number of hydrogen-bond acceptors (Lipinski definition) is 5. The fourth-order valence-electron chi connectivity index (χ4n) is 2.19. The highest BCUT2D eigenvalue weighted by molar-refractivity contribution is 14.0. The molecule has 0 atom stereocenters. The average Bonchev–Trinajstić information content (AvgIpc) is 3.00. The van der Waals surface area contributed by atoms with Crippen molar-refractivity contribution in [3.05, 3.63) is 11.6 Å². The first-order chi connectivity index (χ1) is 10.3. The molecule has 2 N–H and O–H groups in total. The van der Waals surface area contributed by atoms with E-state index in [2.05, 4.69) is 22.1 Å². The third kappa shape index (κ3) is 7.01. The van der Waals surface area contributed by atoms with Gasteiger partial charge in [0.2, 0.25) is 0 Å². The minimum Gasteiger partial charge on any atom is -0.393 e. The molecule has 22 heavy (non-hydrogen) atoms. The molecule has 1 aromatic heterocycles. The molecule has 0 aromatic carbocycles. The Morgan fingerprint density at radius 1 is 1.55 bits per heavy atom. The second-order valence-corrected chi connectivity index (χ2v) is 7.19. The Morgan fingerprint density at radius 3 is 2.95 bits per heavy atom. The SMILES string of the molecule is CCNC(=NCCCSc1nccs1)N1CCC(O)CC1.I. The predicted molar refractivity (Wildman–Crippen MR) is 106 cm³/mol. The van der Waals surface area contributed by atoms with E-state index in [9.17, 15) is 5.11 Å². The fourth-order valence-corrected chi connectivity index (χ4v) is 3.83. The molecule has 1 aromatic rings. The van der Waals surface area contributed by atoms with E-state index in [0.717, 1.165) is 61.5 Å². The number of hydrogen-bond donors (Lipinski definition) is 2. The van der Waals surface area contributed by atoms with Crippen LogP contribution in [-0.4, -0.2) is 59.0 Å². The van der Waals surface area contributed by atoms with E-state index in [-0.39, 0.29) is 30.1 Å². The van der Waals surface area contributed by atoms with Crippen LogP contribution >= 0.6 is 47.1 Å². The van der Waals surface area contributed by atoms with E-state index < -0.39 is 0 Å². The Kier molecular flexibility index (Phi) is 10.4. The Labute approximate surface area is 158 Å². The summed E-state index contributed by atoms with van der Waals surface area (Å²) in [5.74, 6) is 2.04. The molecule has 0 aliphatic carbocycles. The van der Waals surface area contributed by atoms with Crippen molar-refractivity contribution >= 4 is 53.0 Å². The smallest absolute Gasteiger partial charge is 0.193 e. The van der Waals surface area contributed by atoms with Crippen molar-refractivity contribution in [2.75, 3.05) is 31.9 Å². The lowest BCUT2D eigenvalue weighted by Crippen LogP contribution is -2.46. The number of guanidine groups is 1. The molecule has 0 saturated carbocycles. The van der Waals surface area contributed by atoms with Crippen molar-refractivity contribution in [1.82, 2.24) is 15.2 Å². The van der Waals surface area contributed by atoms with Gasteiger partial charge < -0.3 is 15.3 Å². The number of nitrogens with one attached hydrogen (secondary N) is 1. The Morgan fingerprint density at radius 2 is 2.32 bits per heavy atom. The lowest BCUT2D eigenvalue weighted by Gasteiger charge is -2.32. The van der Waals surface area contributed by atoms with E-state index >= 15 is 0 Å². The summed E-state index contributed by atoms with van der Waals surface area (Å²) >= 11 is 3.49. The fraction of sp³-hybridized carbons (Fsp3) is 0.714. The number of aliphatic hydroxyl groups is 1. The minimum atomic E-state index is -0.140. The Balaban J connectivity index is 0.00000242. The maximum absolute atomic E-state index is 9.58. The number of likely N-dealkylation sites (tertiary alicyclic amines) is 1. The van der Waals surface area contributed by atoms with E-state index in [0.29, 0.717) is 0 Å². The van der Waals surface area contributed by atoms with Crippen molar-refractivity contribution in [1.29, 1.82) is 0 Å². The van der Waals surface area contributed by atoms with Crippen molar-refractivity contribution < 1.29 is 5.11 Å². The third-order valence-corrected chi connectivity index (χ3v) is 5.35. The van der Waals surface area contributed by atoms with Gasteiger partial charge in [-0.15, -0.1) is 35.3 Å². The van der Waals surface area contributed by atoms with Crippen LogP contribution in [0, 0.1) is 0 Å². The zero-order valence-corrected chi connectivity index (χ0v) is 16.9. The number of thiazole rings is 1. The van der Waals surface area contributed by atoms with Crippen molar-refractivity contribution in [3.63, 3.8) is 0 Å². The van der Waals surface area contributed by atoms with Gasteiger partial charge in [-0.25, -0.2) is 4.98 Å². The molecule has 1 saturated heterocycles. The molecular weight excluding hydrogens is 431 g/mol. The highest BCUT2D eigenvalue weighted by atomic mass is 127. The summed E-state index contributed by atoms with van der Waals surface area (Å²) in [5, 5.41) is 14.9. The summed E-state index contributed by atoms with van der Waals surface area (Å²) in [6.45, 7) is 5.58. The van der Waals surface area contributed by atoms with E-state index in [1.165, 1.54) is 0 Å². The lowest BCUT2D eigenvalue weighted by atomic mass is 10.1. The van der Waals surface area contributed by atoms with Crippen molar-refractivity contribution in [3.8, 4) is 0 Å². The molecule has 0 unspecified atom stereocenters. The molecule has 1 aliphatic heterocycles. The monoisotopic (exact) mass is 456 g/mol. The molecule has 0 bridgehead atoms. The molecule has 126 valence electrons. The van der Waals surface area contributed by atoms with Gasteiger partial charge in [0.15, 0.2) is 5.96 Å². The number of halogens is 1.